The van der Waals surface area contributed by atoms with E-state index in [-0.39, 0.29) is 18.0 Å². The molecular weight excluding hydrogens is 368 g/mol. The van der Waals surface area contributed by atoms with E-state index in [1.54, 1.807) is 12.0 Å². The summed E-state index contributed by atoms with van der Waals surface area (Å²) in [5, 5.41) is 5.80. The van der Waals surface area contributed by atoms with Crippen LogP contribution >= 0.6 is 0 Å². The van der Waals surface area contributed by atoms with Gasteiger partial charge in [-0.2, -0.15) is 0 Å². The Labute approximate surface area is 171 Å². The van der Waals surface area contributed by atoms with E-state index in [9.17, 15) is 9.59 Å². The summed E-state index contributed by atoms with van der Waals surface area (Å²) in [5.74, 6) is 0.751. The van der Waals surface area contributed by atoms with Gasteiger partial charge in [0.05, 0.1) is 33.3 Å². The van der Waals surface area contributed by atoms with Gasteiger partial charge in [0.1, 0.15) is 12.3 Å². The molecule has 0 radical (unpaired) electrons. The third-order valence-corrected chi connectivity index (χ3v) is 5.03. The van der Waals surface area contributed by atoms with E-state index in [4.69, 9.17) is 4.74 Å². The molecule has 1 aliphatic heterocycles. The van der Waals surface area contributed by atoms with E-state index >= 15 is 0 Å². The van der Waals surface area contributed by atoms with Gasteiger partial charge in [-0.15, -0.1) is 0 Å². The number of methoxy groups -OCH3 is 1. The minimum absolute atomic E-state index is 0.00695. The summed E-state index contributed by atoms with van der Waals surface area (Å²) >= 11 is 0. The van der Waals surface area contributed by atoms with E-state index in [1.165, 1.54) is 10.5 Å². The lowest BCUT2D eigenvalue weighted by Crippen LogP contribution is -3.08. The summed E-state index contributed by atoms with van der Waals surface area (Å²) in [7, 11) is 3.71. The third kappa shape index (κ3) is 5.96. The van der Waals surface area contributed by atoms with Crippen molar-refractivity contribution in [1.82, 2.24) is 10.6 Å². The highest BCUT2D eigenvalue weighted by Crippen LogP contribution is 2.24. The maximum atomic E-state index is 12.3. The number of rotatable bonds is 8. The minimum Gasteiger partial charge on any atom is -0.497 e. The SMILES string of the molecule is COc1ccc(N2C[C@@H](NC(=O)NCC[NH+](C)Cc3ccccc3)CC2=O)cc1. The number of amides is 3. The Balaban J connectivity index is 1.39. The van der Waals surface area contributed by atoms with Gasteiger partial charge in [0.15, 0.2) is 0 Å². The third-order valence-electron chi connectivity index (χ3n) is 5.03. The standard InChI is InChI=1S/C22H28N4O3/c1-25(15-17-6-4-3-5-7-17)13-12-23-22(28)24-18-14-21(27)26(16-18)19-8-10-20(29-2)11-9-19/h3-11,18H,12-16H2,1-2H3,(H2,23,24,28)/p+1/t18-/m0/s1. The highest BCUT2D eigenvalue weighted by atomic mass is 16.5. The number of carbonyl (C=O) groups excluding carboxylic acids is 2. The van der Waals surface area contributed by atoms with Crippen LogP contribution in [0.25, 0.3) is 0 Å². The van der Waals surface area contributed by atoms with Crippen molar-refractivity contribution in [3.63, 3.8) is 0 Å². The molecule has 154 valence electrons. The summed E-state index contributed by atoms with van der Waals surface area (Å²) < 4.78 is 5.15. The number of quaternary nitrogens is 1. The van der Waals surface area contributed by atoms with Gasteiger partial charge in [-0.05, 0) is 24.3 Å². The van der Waals surface area contributed by atoms with Crippen molar-refractivity contribution >= 4 is 17.6 Å². The molecule has 2 atom stereocenters. The Morgan fingerprint density at radius 2 is 1.90 bits per heavy atom. The zero-order valence-corrected chi connectivity index (χ0v) is 17.0. The van der Waals surface area contributed by atoms with Gasteiger partial charge in [0.25, 0.3) is 0 Å². The predicted molar refractivity (Wildman–Crippen MR) is 112 cm³/mol. The number of ether oxygens (including phenoxy) is 1. The van der Waals surface area contributed by atoms with Crippen LogP contribution in [0, 0.1) is 0 Å². The van der Waals surface area contributed by atoms with Crippen molar-refractivity contribution < 1.29 is 19.2 Å². The zero-order valence-electron chi connectivity index (χ0n) is 17.0. The summed E-state index contributed by atoms with van der Waals surface area (Å²) in [6, 6.07) is 17.2. The number of hydrogen-bond donors (Lipinski definition) is 3. The molecule has 3 rings (SSSR count). The fourth-order valence-corrected chi connectivity index (χ4v) is 3.47. The number of carbonyl (C=O) groups is 2. The van der Waals surface area contributed by atoms with Gasteiger partial charge in [0, 0.05) is 24.2 Å². The van der Waals surface area contributed by atoms with Crippen LogP contribution in [0.2, 0.25) is 0 Å². The average molecular weight is 397 g/mol. The summed E-state index contributed by atoms with van der Waals surface area (Å²) in [4.78, 5) is 27.5. The van der Waals surface area contributed by atoms with Crippen LogP contribution in [0.4, 0.5) is 10.5 Å². The molecule has 1 unspecified atom stereocenters. The van der Waals surface area contributed by atoms with Crippen LogP contribution in [-0.2, 0) is 11.3 Å². The normalized spacial score (nSPS) is 17.1. The quantitative estimate of drug-likeness (QED) is 0.617. The lowest BCUT2D eigenvalue weighted by molar-refractivity contribution is -0.892. The Hall–Kier alpha value is -3.06. The predicted octanol–water partition coefficient (Wildman–Crippen LogP) is 0.815. The van der Waals surface area contributed by atoms with Crippen LogP contribution in [0.5, 0.6) is 5.75 Å². The lowest BCUT2D eigenvalue weighted by atomic mass is 10.2. The van der Waals surface area contributed by atoms with E-state index < -0.39 is 0 Å². The lowest BCUT2D eigenvalue weighted by Gasteiger charge is -2.18. The smallest absolute Gasteiger partial charge is 0.315 e. The summed E-state index contributed by atoms with van der Waals surface area (Å²) in [6.07, 6.45) is 0.304. The van der Waals surface area contributed by atoms with Crippen molar-refractivity contribution in [2.75, 3.05) is 38.7 Å². The molecule has 0 bridgehead atoms. The second kappa shape index (κ2) is 9.93. The highest BCUT2D eigenvalue weighted by Gasteiger charge is 2.31. The van der Waals surface area contributed by atoms with Gasteiger partial charge < -0.3 is 25.2 Å². The highest BCUT2D eigenvalue weighted by molar-refractivity contribution is 5.96. The monoisotopic (exact) mass is 397 g/mol. The molecule has 1 aliphatic rings. The van der Waals surface area contributed by atoms with Crippen LogP contribution in [0.15, 0.2) is 54.6 Å². The molecule has 0 aromatic heterocycles. The Kier molecular flexibility index (Phi) is 7.08. The second-order valence-electron chi connectivity index (χ2n) is 7.37. The molecule has 1 fully saturated rings. The fourth-order valence-electron chi connectivity index (χ4n) is 3.47. The molecule has 0 spiro atoms. The van der Waals surface area contributed by atoms with Crippen LogP contribution < -0.4 is 25.2 Å². The molecule has 29 heavy (non-hydrogen) atoms. The number of nitrogens with one attached hydrogen (secondary N) is 3. The van der Waals surface area contributed by atoms with E-state index in [1.807, 2.05) is 42.5 Å². The van der Waals surface area contributed by atoms with Gasteiger partial charge in [-0.3, -0.25) is 4.79 Å². The zero-order chi connectivity index (χ0) is 20.6. The molecule has 3 amide bonds. The topological polar surface area (TPSA) is 75.1 Å². The Morgan fingerprint density at radius 1 is 1.17 bits per heavy atom. The first-order chi connectivity index (χ1) is 14.0. The number of likely N-dealkylation sites (N-methyl/N-ethyl adjacent to an activating group) is 1. The van der Waals surface area contributed by atoms with E-state index in [0.717, 1.165) is 24.5 Å². The van der Waals surface area contributed by atoms with Crippen molar-refractivity contribution in [1.29, 1.82) is 0 Å². The van der Waals surface area contributed by atoms with Crippen molar-refractivity contribution in [3.8, 4) is 5.75 Å². The van der Waals surface area contributed by atoms with E-state index in [0.29, 0.717) is 19.5 Å². The molecule has 1 heterocycles. The van der Waals surface area contributed by atoms with Gasteiger partial charge in [0.2, 0.25) is 5.91 Å². The molecule has 2 aromatic rings. The van der Waals surface area contributed by atoms with E-state index in [2.05, 4.69) is 29.8 Å². The number of nitrogens with zero attached hydrogens (tertiary/aromatic N) is 1. The molecule has 3 N–H and O–H groups in total. The number of benzene rings is 2. The molecule has 7 heteroatoms. The first kappa shape index (κ1) is 20.7. The molecule has 0 saturated carbocycles. The van der Waals surface area contributed by atoms with Crippen LogP contribution in [0.1, 0.15) is 12.0 Å². The molecular formula is C22H29N4O3+. The van der Waals surface area contributed by atoms with Gasteiger partial charge >= 0.3 is 6.03 Å². The van der Waals surface area contributed by atoms with Gasteiger partial charge in [-0.25, -0.2) is 4.79 Å². The number of hydrogen-bond acceptors (Lipinski definition) is 3. The maximum Gasteiger partial charge on any atom is 0.315 e. The summed E-state index contributed by atoms with van der Waals surface area (Å²) in [5.41, 5.74) is 2.09. The van der Waals surface area contributed by atoms with Crippen molar-refractivity contribution in [2.24, 2.45) is 0 Å². The summed E-state index contributed by atoms with van der Waals surface area (Å²) in [6.45, 7) is 2.78. The van der Waals surface area contributed by atoms with Crippen molar-refractivity contribution in [3.05, 3.63) is 60.2 Å². The first-order valence-corrected chi connectivity index (χ1v) is 9.89. The molecule has 1 saturated heterocycles. The Bertz CT molecular complexity index is 811. The Morgan fingerprint density at radius 3 is 2.59 bits per heavy atom. The second-order valence-corrected chi connectivity index (χ2v) is 7.37. The first-order valence-electron chi connectivity index (χ1n) is 9.89. The average Bonchev–Trinajstić information content (AvgIpc) is 3.08. The van der Waals surface area contributed by atoms with Gasteiger partial charge in [-0.1, -0.05) is 30.3 Å². The molecule has 0 aliphatic carbocycles. The van der Waals surface area contributed by atoms with Crippen LogP contribution in [0.3, 0.4) is 0 Å². The largest absolute Gasteiger partial charge is 0.497 e. The van der Waals surface area contributed by atoms with Crippen LogP contribution in [-0.4, -0.2) is 51.8 Å². The fraction of sp³-hybridized carbons (Fsp3) is 0.364. The molecule has 7 nitrogen and oxygen atoms in total. The number of anilines is 1. The molecule has 2 aromatic carbocycles. The number of urea groups is 1. The minimum atomic E-state index is -0.230. The maximum absolute atomic E-state index is 12.3. The van der Waals surface area contributed by atoms with Crippen molar-refractivity contribution in [2.45, 2.75) is 19.0 Å².